The first-order valence-corrected chi connectivity index (χ1v) is 7.61. The van der Waals surface area contributed by atoms with Crippen LogP contribution in [0, 0.1) is 0 Å². The van der Waals surface area contributed by atoms with Crippen LogP contribution in [-0.4, -0.2) is 26.8 Å². The van der Waals surface area contributed by atoms with Gasteiger partial charge >= 0.3 is 0 Å². The van der Waals surface area contributed by atoms with E-state index in [1.165, 1.54) is 0 Å². The monoisotopic (exact) mass is 365 g/mol. The number of benzene rings is 1. The summed E-state index contributed by atoms with van der Waals surface area (Å²) in [5.41, 5.74) is -0.187. The molecule has 22 heavy (non-hydrogen) atoms. The van der Waals surface area contributed by atoms with Crippen molar-refractivity contribution in [3.05, 3.63) is 50.9 Å². The maximum Gasteiger partial charge on any atom is 0.275 e. The number of aromatic hydroxyl groups is 1. The summed E-state index contributed by atoms with van der Waals surface area (Å²) >= 11 is 3.31. The van der Waals surface area contributed by atoms with Crippen LogP contribution in [-0.2, 0) is 0 Å². The summed E-state index contributed by atoms with van der Waals surface area (Å²) in [5, 5.41) is 16.5. The zero-order valence-electron chi connectivity index (χ0n) is 12.2. The molecule has 1 aromatic carbocycles. The standard InChI is InChI=1S/C15H16BrN3O3/c1-3-9(2)17-15(22)14-12(20)8-13(21)19(18-14)11-6-4-10(16)5-7-11/h4-9,20H,3H2,1-2H3,(H,17,22). The number of nitrogens with one attached hydrogen (secondary N) is 1. The van der Waals surface area contributed by atoms with Crippen molar-refractivity contribution < 1.29 is 9.90 Å². The van der Waals surface area contributed by atoms with Crippen LogP contribution >= 0.6 is 15.9 Å². The molecule has 0 bridgehead atoms. The van der Waals surface area contributed by atoms with Gasteiger partial charge in [-0.25, -0.2) is 0 Å². The smallest absolute Gasteiger partial charge is 0.275 e. The maximum absolute atomic E-state index is 12.1. The average molecular weight is 366 g/mol. The Morgan fingerprint density at radius 1 is 1.41 bits per heavy atom. The predicted molar refractivity (Wildman–Crippen MR) is 86.4 cm³/mol. The largest absolute Gasteiger partial charge is 0.505 e. The van der Waals surface area contributed by atoms with E-state index >= 15 is 0 Å². The molecule has 0 saturated carbocycles. The van der Waals surface area contributed by atoms with E-state index in [2.05, 4.69) is 26.3 Å². The second-order valence-electron chi connectivity index (χ2n) is 4.89. The third-order valence-corrected chi connectivity index (χ3v) is 3.72. The van der Waals surface area contributed by atoms with Crippen LogP contribution in [0.5, 0.6) is 5.75 Å². The van der Waals surface area contributed by atoms with Crippen molar-refractivity contribution in [3.63, 3.8) is 0 Å². The summed E-state index contributed by atoms with van der Waals surface area (Å²) < 4.78 is 1.94. The molecule has 0 aliphatic rings. The van der Waals surface area contributed by atoms with Gasteiger partial charge in [0.2, 0.25) is 0 Å². The van der Waals surface area contributed by atoms with Gasteiger partial charge in [-0.1, -0.05) is 22.9 Å². The van der Waals surface area contributed by atoms with Crippen molar-refractivity contribution in [2.24, 2.45) is 0 Å². The minimum atomic E-state index is -0.516. The van der Waals surface area contributed by atoms with E-state index in [1.807, 2.05) is 13.8 Å². The topological polar surface area (TPSA) is 84.2 Å². The lowest BCUT2D eigenvalue weighted by molar-refractivity contribution is 0.0929. The number of halogens is 1. The van der Waals surface area contributed by atoms with E-state index in [0.29, 0.717) is 5.69 Å². The summed E-state index contributed by atoms with van der Waals surface area (Å²) in [6.07, 6.45) is 0.749. The molecule has 0 fully saturated rings. The fourth-order valence-corrected chi connectivity index (χ4v) is 2.03. The van der Waals surface area contributed by atoms with Crippen LogP contribution in [0.4, 0.5) is 0 Å². The van der Waals surface area contributed by atoms with Crippen molar-refractivity contribution in [3.8, 4) is 11.4 Å². The number of carbonyl (C=O) groups is 1. The molecule has 1 amide bonds. The molecule has 116 valence electrons. The summed E-state index contributed by atoms with van der Waals surface area (Å²) in [6.45, 7) is 3.78. The van der Waals surface area contributed by atoms with Crippen molar-refractivity contribution in [2.75, 3.05) is 0 Å². The molecular weight excluding hydrogens is 350 g/mol. The Morgan fingerprint density at radius 3 is 2.64 bits per heavy atom. The summed E-state index contributed by atoms with van der Waals surface area (Å²) in [7, 11) is 0. The van der Waals surface area contributed by atoms with Gasteiger partial charge in [-0.3, -0.25) is 9.59 Å². The third-order valence-electron chi connectivity index (χ3n) is 3.19. The van der Waals surface area contributed by atoms with Crippen molar-refractivity contribution in [1.29, 1.82) is 0 Å². The van der Waals surface area contributed by atoms with Gasteiger partial charge in [-0.15, -0.1) is 0 Å². The molecule has 0 aliphatic heterocycles. The lowest BCUT2D eigenvalue weighted by Gasteiger charge is -2.13. The normalized spacial score (nSPS) is 12.0. The molecule has 0 saturated heterocycles. The Morgan fingerprint density at radius 2 is 2.05 bits per heavy atom. The second kappa shape index (κ2) is 6.74. The number of hydrogen-bond donors (Lipinski definition) is 2. The molecule has 6 nitrogen and oxygen atoms in total. The van der Waals surface area contributed by atoms with Gasteiger partial charge in [0.15, 0.2) is 11.4 Å². The Labute approximate surface area is 135 Å². The van der Waals surface area contributed by atoms with Gasteiger partial charge in [0.1, 0.15) is 0 Å². The molecule has 0 aliphatic carbocycles. The highest BCUT2D eigenvalue weighted by Gasteiger charge is 2.18. The van der Waals surface area contributed by atoms with Gasteiger partial charge in [0.25, 0.3) is 11.5 Å². The van der Waals surface area contributed by atoms with Crippen molar-refractivity contribution >= 4 is 21.8 Å². The summed E-state index contributed by atoms with van der Waals surface area (Å²) in [5.74, 6) is -0.947. The molecule has 0 spiro atoms. The number of nitrogens with zero attached hydrogens (tertiary/aromatic N) is 2. The summed E-state index contributed by atoms with van der Waals surface area (Å²) in [6, 6.07) is 7.82. The first-order valence-electron chi connectivity index (χ1n) is 6.82. The van der Waals surface area contributed by atoms with Crippen LogP contribution < -0.4 is 10.9 Å². The zero-order valence-corrected chi connectivity index (χ0v) is 13.8. The lowest BCUT2D eigenvalue weighted by Crippen LogP contribution is -2.34. The van der Waals surface area contributed by atoms with Crippen molar-refractivity contribution in [2.45, 2.75) is 26.3 Å². The number of rotatable bonds is 4. The number of aromatic nitrogens is 2. The van der Waals surface area contributed by atoms with Gasteiger partial charge in [-0.05, 0) is 37.6 Å². The van der Waals surface area contributed by atoms with Crippen LogP contribution in [0.25, 0.3) is 5.69 Å². The highest BCUT2D eigenvalue weighted by Crippen LogP contribution is 2.15. The minimum absolute atomic E-state index is 0.0539. The van der Waals surface area contributed by atoms with E-state index in [4.69, 9.17) is 0 Å². The fraction of sp³-hybridized carbons (Fsp3) is 0.267. The van der Waals surface area contributed by atoms with Gasteiger partial charge in [0, 0.05) is 16.6 Å². The molecule has 7 heteroatoms. The SMILES string of the molecule is CCC(C)NC(=O)c1nn(-c2ccc(Br)cc2)c(=O)cc1O. The molecule has 2 aromatic rings. The maximum atomic E-state index is 12.1. The van der Waals surface area contributed by atoms with E-state index in [1.54, 1.807) is 24.3 Å². The third kappa shape index (κ3) is 3.54. The molecule has 1 unspecified atom stereocenters. The molecule has 0 radical (unpaired) electrons. The Kier molecular flexibility index (Phi) is 4.97. The van der Waals surface area contributed by atoms with Crippen LogP contribution in [0.1, 0.15) is 30.8 Å². The van der Waals surface area contributed by atoms with Crippen LogP contribution in [0.3, 0.4) is 0 Å². The molecule has 1 heterocycles. The lowest BCUT2D eigenvalue weighted by atomic mass is 10.2. The minimum Gasteiger partial charge on any atom is -0.505 e. The van der Waals surface area contributed by atoms with E-state index in [-0.39, 0.29) is 11.7 Å². The zero-order chi connectivity index (χ0) is 16.3. The first-order chi connectivity index (χ1) is 10.4. The molecular formula is C15H16BrN3O3. The average Bonchev–Trinajstić information content (AvgIpc) is 2.48. The summed E-state index contributed by atoms with van der Waals surface area (Å²) in [4.78, 5) is 24.1. The Balaban J connectivity index is 2.45. The van der Waals surface area contributed by atoms with E-state index < -0.39 is 17.2 Å². The van der Waals surface area contributed by atoms with Gasteiger partial charge < -0.3 is 10.4 Å². The molecule has 2 rings (SSSR count). The number of amides is 1. The predicted octanol–water partition coefficient (Wildman–Crippen LogP) is 2.23. The highest BCUT2D eigenvalue weighted by atomic mass is 79.9. The van der Waals surface area contributed by atoms with Crippen molar-refractivity contribution in [1.82, 2.24) is 15.1 Å². The number of carbonyl (C=O) groups excluding carboxylic acids is 1. The number of hydrogen-bond acceptors (Lipinski definition) is 4. The Bertz CT molecular complexity index is 741. The van der Waals surface area contributed by atoms with Gasteiger partial charge in [0.05, 0.1) is 5.69 Å². The Hall–Kier alpha value is -2.15. The van der Waals surface area contributed by atoms with Gasteiger partial charge in [-0.2, -0.15) is 9.78 Å². The second-order valence-corrected chi connectivity index (χ2v) is 5.80. The highest BCUT2D eigenvalue weighted by molar-refractivity contribution is 9.10. The van der Waals surface area contributed by atoms with Crippen LogP contribution in [0.15, 0.2) is 39.6 Å². The quantitative estimate of drug-likeness (QED) is 0.869. The molecule has 1 aromatic heterocycles. The molecule has 2 N–H and O–H groups in total. The van der Waals surface area contributed by atoms with E-state index in [9.17, 15) is 14.7 Å². The van der Waals surface area contributed by atoms with E-state index in [0.717, 1.165) is 21.6 Å². The van der Waals surface area contributed by atoms with Crippen LogP contribution in [0.2, 0.25) is 0 Å². The first kappa shape index (κ1) is 16.2. The fourth-order valence-electron chi connectivity index (χ4n) is 1.77. The molecule has 1 atom stereocenters.